The number of hydrazine groups is 2. The average molecular weight is 188 g/mol. The van der Waals surface area contributed by atoms with Gasteiger partial charge in [-0.2, -0.15) is 0 Å². The highest BCUT2D eigenvalue weighted by Crippen LogP contribution is 2.08. The summed E-state index contributed by atoms with van der Waals surface area (Å²) in [7, 11) is 3.79. The fraction of sp³-hybridized carbons (Fsp3) is 0.250. The normalized spacial score (nSPS) is 9.33. The summed E-state index contributed by atoms with van der Waals surface area (Å²) in [6.07, 6.45) is 0. The Bertz CT molecular complexity index is 213. The molecule has 0 spiro atoms. The van der Waals surface area contributed by atoms with E-state index in [1.54, 1.807) is 5.12 Å². The molecule has 1 rings (SSSR count). The van der Waals surface area contributed by atoms with E-state index in [0.29, 0.717) is 0 Å². The Morgan fingerprint density at radius 3 is 2.00 bits per heavy atom. The number of anilines is 1. The molecule has 0 radical (unpaired) electrons. The van der Waals surface area contributed by atoms with Crippen LogP contribution >= 0.6 is 12.4 Å². The third kappa shape index (κ3) is 2.70. The largest absolute Gasteiger partial charge is 0.242 e. The monoisotopic (exact) mass is 187 g/mol. The van der Waals surface area contributed by atoms with E-state index in [1.165, 1.54) is 0 Å². The predicted octanol–water partition coefficient (Wildman–Crippen LogP) is 1.27. The lowest BCUT2D eigenvalue weighted by Gasteiger charge is -2.25. The van der Waals surface area contributed by atoms with E-state index in [9.17, 15) is 0 Å². The van der Waals surface area contributed by atoms with E-state index in [0.717, 1.165) is 5.69 Å². The SMILES string of the molecule is CN(C)N(N)c1ccccc1.Cl. The minimum Gasteiger partial charge on any atom is -0.242 e. The fourth-order valence-corrected chi connectivity index (χ4v) is 0.812. The van der Waals surface area contributed by atoms with Crippen molar-refractivity contribution in [1.29, 1.82) is 0 Å². The van der Waals surface area contributed by atoms with Gasteiger partial charge in [0.2, 0.25) is 0 Å². The zero-order chi connectivity index (χ0) is 8.27. The van der Waals surface area contributed by atoms with Gasteiger partial charge in [0.05, 0.1) is 5.69 Å². The lowest BCUT2D eigenvalue weighted by Crippen LogP contribution is -2.42. The molecule has 4 heteroatoms. The van der Waals surface area contributed by atoms with Gasteiger partial charge in [-0.05, 0) is 12.1 Å². The van der Waals surface area contributed by atoms with Crippen LogP contribution in [-0.4, -0.2) is 19.1 Å². The number of hydrogen-bond donors (Lipinski definition) is 1. The molecule has 3 nitrogen and oxygen atoms in total. The van der Waals surface area contributed by atoms with Gasteiger partial charge in [-0.25, -0.2) is 16.0 Å². The molecule has 1 aromatic carbocycles. The van der Waals surface area contributed by atoms with E-state index in [-0.39, 0.29) is 12.4 Å². The molecule has 0 heterocycles. The molecule has 0 aliphatic carbocycles. The maximum atomic E-state index is 5.70. The molecular weight excluding hydrogens is 174 g/mol. The molecule has 0 saturated heterocycles. The highest BCUT2D eigenvalue weighted by molar-refractivity contribution is 5.85. The molecule has 0 aromatic heterocycles. The Labute approximate surface area is 79.1 Å². The lowest BCUT2D eigenvalue weighted by molar-refractivity contribution is 0.375. The minimum atomic E-state index is 0. The van der Waals surface area contributed by atoms with Crippen LogP contribution in [0.3, 0.4) is 0 Å². The van der Waals surface area contributed by atoms with Gasteiger partial charge in [-0.15, -0.1) is 12.4 Å². The summed E-state index contributed by atoms with van der Waals surface area (Å²) in [5.74, 6) is 5.70. The average Bonchev–Trinajstić information content (AvgIpc) is 2.05. The van der Waals surface area contributed by atoms with Crippen molar-refractivity contribution in [3.8, 4) is 0 Å². The molecule has 0 saturated carbocycles. The zero-order valence-corrected chi connectivity index (χ0v) is 8.08. The van der Waals surface area contributed by atoms with E-state index < -0.39 is 0 Å². The first-order valence-corrected chi connectivity index (χ1v) is 3.49. The van der Waals surface area contributed by atoms with E-state index >= 15 is 0 Å². The summed E-state index contributed by atoms with van der Waals surface area (Å²) in [6.45, 7) is 0. The van der Waals surface area contributed by atoms with Gasteiger partial charge in [0.15, 0.2) is 0 Å². The number of nitrogens with two attached hydrogens (primary N) is 1. The molecule has 2 N–H and O–H groups in total. The van der Waals surface area contributed by atoms with E-state index in [4.69, 9.17) is 5.84 Å². The van der Waals surface area contributed by atoms with Gasteiger partial charge >= 0.3 is 0 Å². The predicted molar refractivity (Wildman–Crippen MR) is 54.0 cm³/mol. The third-order valence-electron chi connectivity index (χ3n) is 1.45. The van der Waals surface area contributed by atoms with Gasteiger partial charge in [-0.3, -0.25) is 0 Å². The highest BCUT2D eigenvalue weighted by Gasteiger charge is 2.00. The molecule has 12 heavy (non-hydrogen) atoms. The minimum absolute atomic E-state index is 0. The molecule has 0 amide bonds. The molecule has 0 unspecified atom stereocenters. The van der Waals surface area contributed by atoms with Gasteiger partial charge < -0.3 is 0 Å². The standard InChI is InChI=1S/C8H13N3.ClH/c1-10(2)11(9)8-6-4-3-5-7-8;/h3-7H,9H2,1-2H3;1H. The van der Waals surface area contributed by atoms with Gasteiger partial charge in [0, 0.05) is 14.1 Å². The van der Waals surface area contributed by atoms with Crippen molar-refractivity contribution in [3.05, 3.63) is 30.3 Å². The van der Waals surface area contributed by atoms with Crippen molar-refractivity contribution in [2.24, 2.45) is 5.84 Å². The van der Waals surface area contributed by atoms with E-state index in [1.807, 2.05) is 49.4 Å². The second-order valence-corrected chi connectivity index (χ2v) is 2.53. The molecular formula is C8H14ClN3. The van der Waals surface area contributed by atoms with Crippen molar-refractivity contribution < 1.29 is 0 Å². The first-order chi connectivity index (χ1) is 5.22. The third-order valence-corrected chi connectivity index (χ3v) is 1.45. The molecule has 0 atom stereocenters. The first-order valence-electron chi connectivity index (χ1n) is 3.49. The summed E-state index contributed by atoms with van der Waals surface area (Å²) in [5, 5.41) is 3.40. The van der Waals surface area contributed by atoms with Crippen molar-refractivity contribution in [2.75, 3.05) is 19.2 Å². The number of rotatable bonds is 2. The van der Waals surface area contributed by atoms with Crippen LogP contribution in [0.1, 0.15) is 0 Å². The van der Waals surface area contributed by atoms with Crippen LogP contribution in [0, 0.1) is 0 Å². The van der Waals surface area contributed by atoms with Gasteiger partial charge in [0.25, 0.3) is 0 Å². The molecule has 68 valence electrons. The molecule has 1 aromatic rings. The Hall–Kier alpha value is -0.770. The first kappa shape index (κ1) is 11.2. The maximum Gasteiger partial charge on any atom is 0.0701 e. The number of benzene rings is 1. The fourth-order valence-electron chi connectivity index (χ4n) is 0.812. The number of nitrogens with zero attached hydrogens (tertiary/aromatic N) is 2. The van der Waals surface area contributed by atoms with Crippen LogP contribution in [0.15, 0.2) is 30.3 Å². The molecule has 0 fully saturated rings. The second kappa shape index (κ2) is 4.98. The Kier molecular flexibility index (Phi) is 4.66. The maximum absolute atomic E-state index is 5.70. The summed E-state index contributed by atoms with van der Waals surface area (Å²) in [4.78, 5) is 0. The zero-order valence-electron chi connectivity index (χ0n) is 7.27. The van der Waals surface area contributed by atoms with Crippen molar-refractivity contribution in [2.45, 2.75) is 0 Å². The molecule has 0 aliphatic rings. The number of halogens is 1. The summed E-state index contributed by atoms with van der Waals surface area (Å²) in [6, 6.07) is 9.80. The summed E-state index contributed by atoms with van der Waals surface area (Å²) < 4.78 is 0. The Morgan fingerprint density at radius 2 is 1.58 bits per heavy atom. The van der Waals surface area contributed by atoms with Crippen molar-refractivity contribution >= 4 is 18.1 Å². The van der Waals surface area contributed by atoms with Crippen LogP contribution in [0.4, 0.5) is 5.69 Å². The highest BCUT2D eigenvalue weighted by atomic mass is 35.5. The van der Waals surface area contributed by atoms with Crippen LogP contribution in [0.2, 0.25) is 0 Å². The smallest absolute Gasteiger partial charge is 0.0701 e. The van der Waals surface area contributed by atoms with Crippen LogP contribution < -0.4 is 11.0 Å². The quantitative estimate of drug-likeness (QED) is 0.559. The van der Waals surface area contributed by atoms with Crippen molar-refractivity contribution in [1.82, 2.24) is 5.01 Å². The van der Waals surface area contributed by atoms with Crippen LogP contribution in [0.25, 0.3) is 0 Å². The molecule has 0 bridgehead atoms. The Balaban J connectivity index is 0.00000121. The van der Waals surface area contributed by atoms with Crippen LogP contribution in [0.5, 0.6) is 0 Å². The topological polar surface area (TPSA) is 32.5 Å². The van der Waals surface area contributed by atoms with Gasteiger partial charge in [0.1, 0.15) is 0 Å². The lowest BCUT2D eigenvalue weighted by atomic mass is 10.3. The summed E-state index contributed by atoms with van der Waals surface area (Å²) >= 11 is 0. The van der Waals surface area contributed by atoms with E-state index in [2.05, 4.69) is 0 Å². The Morgan fingerprint density at radius 1 is 1.08 bits per heavy atom. The van der Waals surface area contributed by atoms with Gasteiger partial charge in [-0.1, -0.05) is 18.2 Å². The number of hydrogen-bond acceptors (Lipinski definition) is 3. The van der Waals surface area contributed by atoms with Crippen LogP contribution in [-0.2, 0) is 0 Å². The second-order valence-electron chi connectivity index (χ2n) is 2.53. The summed E-state index contributed by atoms with van der Waals surface area (Å²) in [5.41, 5.74) is 0.984. The number of para-hydroxylation sites is 1. The van der Waals surface area contributed by atoms with Crippen molar-refractivity contribution in [3.63, 3.8) is 0 Å². The molecule has 0 aliphatic heterocycles.